The van der Waals surface area contributed by atoms with E-state index < -0.39 is 29.1 Å². The maximum Gasteiger partial charge on any atom is 0.435 e. The van der Waals surface area contributed by atoms with Gasteiger partial charge in [0.1, 0.15) is 0 Å². The number of aromatic nitrogens is 4. The maximum absolute atomic E-state index is 13.4. The van der Waals surface area contributed by atoms with Gasteiger partial charge in [0.05, 0.1) is 11.3 Å². The van der Waals surface area contributed by atoms with Gasteiger partial charge in [-0.15, -0.1) is 5.10 Å². The molecule has 0 atom stereocenters. The summed E-state index contributed by atoms with van der Waals surface area (Å²) >= 11 is 0. The fraction of sp³-hybridized carbons (Fsp3) is 0.409. The van der Waals surface area contributed by atoms with Crippen LogP contribution in [0, 0.1) is 5.92 Å². The van der Waals surface area contributed by atoms with Crippen LogP contribution in [0.25, 0.3) is 5.69 Å². The molecule has 1 aliphatic carbocycles. The Labute approximate surface area is 196 Å². The summed E-state index contributed by atoms with van der Waals surface area (Å²) in [6.45, 7) is 0.0130. The molecule has 1 saturated carbocycles. The van der Waals surface area contributed by atoms with E-state index in [1.54, 1.807) is 30.3 Å². The Morgan fingerprint density at radius 1 is 1.09 bits per heavy atom. The third-order valence-electron chi connectivity index (χ3n) is 5.86. The van der Waals surface area contributed by atoms with Crippen molar-refractivity contribution < 1.29 is 27.2 Å². The van der Waals surface area contributed by atoms with Crippen LogP contribution in [-0.2, 0) is 11.0 Å². The molecule has 1 fully saturated rings. The SMILES string of the molecule is O=C(NCCNC(=O)C1CCC(c2n[nH]c(=O)o2)CC1)c1cn(-c2ccccc2)nc1C(F)(F)F. The average Bonchev–Trinajstić information content (AvgIpc) is 3.49. The van der Waals surface area contributed by atoms with Gasteiger partial charge in [0.25, 0.3) is 5.91 Å². The summed E-state index contributed by atoms with van der Waals surface area (Å²) in [7, 11) is 0. The van der Waals surface area contributed by atoms with Crippen molar-refractivity contribution in [1.29, 1.82) is 0 Å². The largest absolute Gasteiger partial charge is 0.435 e. The minimum absolute atomic E-state index is 0.0306. The van der Waals surface area contributed by atoms with Crippen LogP contribution in [-0.4, -0.2) is 44.9 Å². The summed E-state index contributed by atoms with van der Waals surface area (Å²) in [5.74, 6) is -1.68. The Kier molecular flexibility index (Phi) is 7.03. The molecule has 10 nitrogen and oxygen atoms in total. The highest BCUT2D eigenvalue weighted by molar-refractivity contribution is 5.95. The van der Waals surface area contributed by atoms with Crippen LogP contribution in [0.2, 0.25) is 0 Å². The van der Waals surface area contributed by atoms with Gasteiger partial charge in [-0.2, -0.15) is 18.3 Å². The number of nitrogens with zero attached hydrogens (tertiary/aromatic N) is 3. The highest BCUT2D eigenvalue weighted by atomic mass is 19.4. The standard InChI is InChI=1S/C22H23F3N6O4/c23-22(24,25)17-16(12-31(30-17)15-4-2-1-3-5-15)19(33)27-11-10-26-18(32)13-6-8-14(9-7-13)20-28-29-21(34)35-20/h1-5,12-14H,6-11H2,(H,26,32)(H,27,33)(H,29,34). The van der Waals surface area contributed by atoms with E-state index in [1.807, 2.05) is 0 Å². The van der Waals surface area contributed by atoms with Crippen LogP contribution in [0.3, 0.4) is 0 Å². The van der Waals surface area contributed by atoms with Gasteiger partial charge in [-0.25, -0.2) is 14.6 Å². The number of carbonyl (C=O) groups is 2. The number of amides is 2. The second kappa shape index (κ2) is 10.2. The number of carbonyl (C=O) groups excluding carboxylic acids is 2. The molecule has 0 bridgehead atoms. The summed E-state index contributed by atoms with van der Waals surface area (Å²) in [6, 6.07) is 8.15. The second-order valence-corrected chi connectivity index (χ2v) is 8.22. The summed E-state index contributed by atoms with van der Waals surface area (Å²) in [6.07, 6.45) is -1.35. The molecule has 13 heteroatoms. The number of nitrogens with one attached hydrogen (secondary N) is 3. The first-order chi connectivity index (χ1) is 16.7. The van der Waals surface area contributed by atoms with Crippen molar-refractivity contribution in [1.82, 2.24) is 30.6 Å². The van der Waals surface area contributed by atoms with E-state index in [0.717, 1.165) is 10.9 Å². The zero-order valence-corrected chi connectivity index (χ0v) is 18.5. The fourth-order valence-corrected chi connectivity index (χ4v) is 4.08. The molecule has 2 heterocycles. The van der Waals surface area contributed by atoms with E-state index in [0.29, 0.717) is 37.3 Å². The van der Waals surface area contributed by atoms with E-state index in [1.165, 1.54) is 0 Å². The zero-order valence-electron chi connectivity index (χ0n) is 18.5. The number of aromatic amines is 1. The van der Waals surface area contributed by atoms with Gasteiger partial charge in [0.2, 0.25) is 11.8 Å². The van der Waals surface area contributed by atoms with Crippen molar-refractivity contribution in [2.75, 3.05) is 13.1 Å². The number of H-pyrrole nitrogens is 1. The molecule has 0 radical (unpaired) electrons. The lowest BCUT2D eigenvalue weighted by atomic mass is 9.81. The predicted octanol–water partition coefficient (Wildman–Crippen LogP) is 2.39. The lowest BCUT2D eigenvalue weighted by molar-refractivity contribution is -0.141. The molecule has 0 saturated heterocycles. The van der Waals surface area contributed by atoms with Crippen molar-refractivity contribution in [2.24, 2.45) is 5.92 Å². The lowest BCUT2D eigenvalue weighted by Gasteiger charge is -2.25. The molecule has 1 aromatic carbocycles. The van der Waals surface area contributed by atoms with Crippen molar-refractivity contribution in [3.63, 3.8) is 0 Å². The average molecular weight is 492 g/mol. The molecular weight excluding hydrogens is 469 g/mol. The van der Waals surface area contributed by atoms with Crippen LogP contribution in [0.5, 0.6) is 0 Å². The Bertz CT molecular complexity index is 1230. The van der Waals surface area contributed by atoms with Gasteiger partial charge in [-0.3, -0.25) is 9.59 Å². The minimum atomic E-state index is -4.81. The van der Waals surface area contributed by atoms with Crippen LogP contribution in [0.4, 0.5) is 13.2 Å². The lowest BCUT2D eigenvalue weighted by Crippen LogP contribution is -2.38. The zero-order chi connectivity index (χ0) is 25.0. The molecule has 0 aliphatic heterocycles. The van der Waals surface area contributed by atoms with Crippen LogP contribution >= 0.6 is 0 Å². The Balaban J connectivity index is 1.27. The van der Waals surface area contributed by atoms with Gasteiger partial charge in [-0.05, 0) is 37.8 Å². The van der Waals surface area contributed by atoms with E-state index in [9.17, 15) is 27.6 Å². The quantitative estimate of drug-likeness (QED) is 0.434. The third kappa shape index (κ3) is 5.78. The Morgan fingerprint density at radius 2 is 1.77 bits per heavy atom. The summed E-state index contributed by atoms with van der Waals surface area (Å²) in [5.41, 5.74) is -1.50. The number of alkyl halides is 3. The summed E-state index contributed by atoms with van der Waals surface area (Å²) in [4.78, 5) is 36.0. The first-order valence-electron chi connectivity index (χ1n) is 11.1. The molecule has 2 aromatic heterocycles. The molecule has 1 aliphatic rings. The van der Waals surface area contributed by atoms with Crippen LogP contribution in [0.1, 0.15) is 53.5 Å². The fourth-order valence-electron chi connectivity index (χ4n) is 4.08. The molecule has 3 N–H and O–H groups in total. The van der Waals surface area contributed by atoms with Crippen molar-refractivity contribution >= 4 is 11.8 Å². The molecular formula is C22H23F3N6O4. The maximum atomic E-state index is 13.4. The smallest absolute Gasteiger partial charge is 0.392 e. The molecule has 2 amide bonds. The summed E-state index contributed by atoms with van der Waals surface area (Å²) < 4.78 is 46.3. The van der Waals surface area contributed by atoms with Crippen LogP contribution in [0.15, 0.2) is 45.7 Å². The van der Waals surface area contributed by atoms with Crippen LogP contribution < -0.4 is 16.4 Å². The molecule has 35 heavy (non-hydrogen) atoms. The normalized spacial score (nSPS) is 18.3. The second-order valence-electron chi connectivity index (χ2n) is 8.22. The van der Waals surface area contributed by atoms with Crippen molar-refractivity contribution in [3.05, 3.63) is 64.2 Å². The van der Waals surface area contributed by atoms with Gasteiger partial charge in [0, 0.05) is 31.1 Å². The van der Waals surface area contributed by atoms with E-state index in [4.69, 9.17) is 4.42 Å². The number of hydrogen-bond acceptors (Lipinski definition) is 6. The van der Waals surface area contributed by atoms with Gasteiger partial charge >= 0.3 is 11.9 Å². The van der Waals surface area contributed by atoms with E-state index in [2.05, 4.69) is 25.9 Å². The first kappa shape index (κ1) is 24.2. The van der Waals surface area contributed by atoms with Gasteiger partial charge in [-0.1, -0.05) is 18.2 Å². The molecule has 186 valence electrons. The van der Waals surface area contributed by atoms with Crippen molar-refractivity contribution in [2.45, 2.75) is 37.8 Å². The van der Waals surface area contributed by atoms with Crippen molar-refractivity contribution in [3.8, 4) is 5.69 Å². The number of hydrogen-bond donors (Lipinski definition) is 3. The van der Waals surface area contributed by atoms with E-state index in [-0.39, 0.29) is 30.8 Å². The minimum Gasteiger partial charge on any atom is -0.392 e. The van der Waals surface area contributed by atoms with E-state index >= 15 is 0 Å². The number of benzene rings is 1. The Morgan fingerprint density at radius 3 is 2.40 bits per heavy atom. The highest BCUT2D eigenvalue weighted by Crippen LogP contribution is 2.34. The first-order valence-corrected chi connectivity index (χ1v) is 11.1. The highest BCUT2D eigenvalue weighted by Gasteiger charge is 2.39. The number of halogens is 3. The monoisotopic (exact) mass is 492 g/mol. The molecule has 0 unspecified atom stereocenters. The topological polar surface area (TPSA) is 135 Å². The summed E-state index contributed by atoms with van der Waals surface area (Å²) in [5, 5.41) is 14.7. The third-order valence-corrected chi connectivity index (χ3v) is 5.86. The predicted molar refractivity (Wildman–Crippen MR) is 116 cm³/mol. The number of rotatable bonds is 7. The number of para-hydroxylation sites is 1. The molecule has 4 rings (SSSR count). The van der Waals surface area contributed by atoms with Gasteiger partial charge < -0.3 is 15.1 Å². The Hall–Kier alpha value is -3.90. The molecule has 0 spiro atoms. The molecule has 3 aromatic rings. The van der Waals surface area contributed by atoms with Gasteiger partial charge in [0.15, 0.2) is 5.69 Å².